The Morgan fingerprint density at radius 3 is 2.97 bits per heavy atom. The molecule has 0 N–H and O–H groups in total. The topological polar surface area (TPSA) is 103 Å². The first-order valence-electron chi connectivity index (χ1n) is 10.9. The second-order valence-corrected chi connectivity index (χ2v) is 8.28. The van der Waals surface area contributed by atoms with Crippen molar-refractivity contribution in [1.82, 2.24) is 35.0 Å². The molecule has 1 aliphatic rings. The fourth-order valence-corrected chi connectivity index (χ4v) is 4.35. The molecule has 0 spiro atoms. The number of amides is 1. The first kappa shape index (κ1) is 20.3. The Morgan fingerprint density at radius 1 is 1.25 bits per heavy atom. The Kier molecular flexibility index (Phi) is 5.38. The van der Waals surface area contributed by atoms with Crippen molar-refractivity contribution in [3.05, 3.63) is 53.7 Å². The second kappa shape index (κ2) is 8.49. The van der Waals surface area contributed by atoms with Gasteiger partial charge in [-0.25, -0.2) is 14.6 Å². The molecule has 9 heteroatoms. The number of hydrogen-bond acceptors (Lipinski definition) is 7. The number of aromatic nitrogens is 6. The van der Waals surface area contributed by atoms with Crippen LogP contribution in [0.4, 0.5) is 0 Å². The van der Waals surface area contributed by atoms with Crippen molar-refractivity contribution in [3.63, 3.8) is 0 Å². The van der Waals surface area contributed by atoms with Gasteiger partial charge in [0.25, 0.3) is 0 Å². The van der Waals surface area contributed by atoms with E-state index in [1.807, 2.05) is 49.1 Å². The van der Waals surface area contributed by atoms with Crippen LogP contribution in [0.3, 0.4) is 0 Å². The van der Waals surface area contributed by atoms with Gasteiger partial charge in [-0.1, -0.05) is 22.5 Å². The summed E-state index contributed by atoms with van der Waals surface area (Å²) >= 11 is 0. The molecule has 1 amide bonds. The number of piperidine rings is 1. The molecule has 1 aromatic carbocycles. The molecule has 1 saturated heterocycles. The number of hydrogen-bond donors (Lipinski definition) is 0. The van der Waals surface area contributed by atoms with Gasteiger partial charge >= 0.3 is 0 Å². The van der Waals surface area contributed by atoms with Gasteiger partial charge < -0.3 is 9.42 Å². The van der Waals surface area contributed by atoms with Crippen LogP contribution in [0.1, 0.15) is 42.4 Å². The van der Waals surface area contributed by atoms with Gasteiger partial charge in [0.2, 0.25) is 5.91 Å². The standard InChI is InChI=1S/C23H25N7O2/c1-15-12-21(32-27-15)18-13-24-16(2)25-23(18)17-6-5-10-29(14-17)22(31)9-11-30-20-8-4-3-7-19(20)26-28-30/h3-4,7-8,12-13,17H,5-6,9-11,14H2,1-2H3/t17-/m0/s1. The van der Waals surface area contributed by atoms with Crippen molar-refractivity contribution in [3.8, 4) is 11.3 Å². The Balaban J connectivity index is 1.31. The first-order chi connectivity index (χ1) is 15.6. The van der Waals surface area contributed by atoms with Crippen LogP contribution in [-0.2, 0) is 11.3 Å². The van der Waals surface area contributed by atoms with E-state index in [4.69, 9.17) is 9.51 Å². The lowest BCUT2D eigenvalue weighted by Gasteiger charge is -2.33. The lowest BCUT2D eigenvalue weighted by molar-refractivity contribution is -0.132. The molecular formula is C23H25N7O2. The fraction of sp³-hybridized carbons (Fsp3) is 0.391. The van der Waals surface area contributed by atoms with E-state index < -0.39 is 0 Å². The SMILES string of the molecule is Cc1cc(-c2cnc(C)nc2[C@H]2CCCN(C(=O)CCn3nnc4ccccc43)C2)on1. The van der Waals surface area contributed by atoms with E-state index in [0.29, 0.717) is 31.1 Å². The predicted molar refractivity (Wildman–Crippen MR) is 118 cm³/mol. The first-order valence-corrected chi connectivity index (χ1v) is 10.9. The van der Waals surface area contributed by atoms with Crippen LogP contribution in [0.15, 0.2) is 41.1 Å². The zero-order valence-corrected chi connectivity index (χ0v) is 18.2. The maximum atomic E-state index is 13.0. The molecule has 0 radical (unpaired) electrons. The zero-order valence-electron chi connectivity index (χ0n) is 18.2. The molecule has 164 valence electrons. The van der Waals surface area contributed by atoms with Crippen LogP contribution in [0.2, 0.25) is 0 Å². The highest BCUT2D eigenvalue weighted by atomic mass is 16.5. The number of likely N-dealkylation sites (tertiary alicyclic amines) is 1. The zero-order chi connectivity index (χ0) is 22.1. The Bertz CT molecular complexity index is 1260. The Morgan fingerprint density at radius 2 is 2.12 bits per heavy atom. The molecule has 1 fully saturated rings. The summed E-state index contributed by atoms with van der Waals surface area (Å²) in [4.78, 5) is 24.1. The summed E-state index contributed by atoms with van der Waals surface area (Å²) < 4.78 is 7.28. The van der Waals surface area contributed by atoms with Crippen molar-refractivity contribution in [2.45, 2.75) is 45.6 Å². The van der Waals surface area contributed by atoms with Crippen LogP contribution < -0.4 is 0 Å². The number of carbonyl (C=O) groups excluding carboxylic acids is 1. The minimum Gasteiger partial charge on any atom is -0.356 e. The number of nitrogens with zero attached hydrogens (tertiary/aromatic N) is 7. The number of fused-ring (bicyclic) bond motifs is 1. The lowest BCUT2D eigenvalue weighted by Crippen LogP contribution is -2.39. The molecule has 1 atom stereocenters. The highest BCUT2D eigenvalue weighted by Crippen LogP contribution is 2.33. The third-order valence-corrected chi connectivity index (χ3v) is 5.95. The van der Waals surface area contributed by atoms with Gasteiger partial charge in [0.1, 0.15) is 11.3 Å². The summed E-state index contributed by atoms with van der Waals surface area (Å²) in [5.41, 5.74) is 4.37. The van der Waals surface area contributed by atoms with E-state index >= 15 is 0 Å². The smallest absolute Gasteiger partial charge is 0.224 e. The van der Waals surface area contributed by atoms with Crippen LogP contribution in [0.25, 0.3) is 22.4 Å². The van der Waals surface area contributed by atoms with Crippen molar-refractivity contribution >= 4 is 16.9 Å². The Hall–Kier alpha value is -3.62. The minimum absolute atomic E-state index is 0.122. The number of para-hydroxylation sites is 1. The third kappa shape index (κ3) is 3.98. The molecule has 9 nitrogen and oxygen atoms in total. The highest BCUT2D eigenvalue weighted by Gasteiger charge is 2.28. The van der Waals surface area contributed by atoms with E-state index in [0.717, 1.165) is 47.4 Å². The molecule has 4 aromatic rings. The number of rotatable bonds is 5. The maximum Gasteiger partial charge on any atom is 0.224 e. The normalized spacial score (nSPS) is 16.6. The molecule has 3 aromatic heterocycles. The van der Waals surface area contributed by atoms with Gasteiger partial charge in [-0.3, -0.25) is 4.79 Å². The molecule has 1 aliphatic heterocycles. The van der Waals surface area contributed by atoms with Gasteiger partial charge in [-0.2, -0.15) is 0 Å². The van der Waals surface area contributed by atoms with Gasteiger partial charge in [0.15, 0.2) is 5.76 Å². The second-order valence-electron chi connectivity index (χ2n) is 8.28. The molecule has 5 rings (SSSR count). The molecule has 0 saturated carbocycles. The van der Waals surface area contributed by atoms with Crippen LogP contribution in [-0.4, -0.2) is 54.0 Å². The number of aryl methyl sites for hydroxylation is 3. The predicted octanol–water partition coefficient (Wildman–Crippen LogP) is 3.29. The van der Waals surface area contributed by atoms with Gasteiger partial charge in [-0.05, 0) is 38.8 Å². The van der Waals surface area contributed by atoms with E-state index in [-0.39, 0.29) is 11.8 Å². The van der Waals surface area contributed by atoms with Gasteiger partial charge in [-0.15, -0.1) is 5.10 Å². The Labute approximate surface area is 185 Å². The summed E-state index contributed by atoms with van der Waals surface area (Å²) in [5.74, 6) is 1.62. The van der Waals surface area contributed by atoms with E-state index in [1.54, 1.807) is 10.9 Å². The molecule has 0 aliphatic carbocycles. The summed E-state index contributed by atoms with van der Waals surface area (Å²) in [6.07, 6.45) is 4.08. The summed E-state index contributed by atoms with van der Waals surface area (Å²) in [7, 11) is 0. The largest absolute Gasteiger partial charge is 0.356 e. The molecular weight excluding hydrogens is 406 g/mol. The molecule has 0 unspecified atom stereocenters. The van der Waals surface area contributed by atoms with Gasteiger partial charge in [0, 0.05) is 37.7 Å². The van der Waals surface area contributed by atoms with Crippen LogP contribution in [0, 0.1) is 13.8 Å². The maximum absolute atomic E-state index is 13.0. The summed E-state index contributed by atoms with van der Waals surface area (Å²) in [6.45, 7) is 5.67. The summed E-state index contributed by atoms with van der Waals surface area (Å²) in [5, 5.41) is 12.4. The molecule has 32 heavy (non-hydrogen) atoms. The summed E-state index contributed by atoms with van der Waals surface area (Å²) in [6, 6.07) is 9.68. The van der Waals surface area contributed by atoms with Crippen LogP contribution in [0.5, 0.6) is 0 Å². The van der Waals surface area contributed by atoms with E-state index in [9.17, 15) is 4.79 Å². The van der Waals surface area contributed by atoms with Crippen molar-refractivity contribution < 1.29 is 9.32 Å². The van der Waals surface area contributed by atoms with E-state index in [1.165, 1.54) is 0 Å². The van der Waals surface area contributed by atoms with Gasteiger partial charge in [0.05, 0.1) is 29.0 Å². The lowest BCUT2D eigenvalue weighted by atomic mass is 9.91. The molecule has 0 bridgehead atoms. The highest BCUT2D eigenvalue weighted by molar-refractivity contribution is 5.77. The number of carbonyl (C=O) groups is 1. The monoisotopic (exact) mass is 431 g/mol. The van der Waals surface area contributed by atoms with Crippen LogP contribution >= 0.6 is 0 Å². The van der Waals surface area contributed by atoms with E-state index in [2.05, 4.69) is 20.5 Å². The quantitative estimate of drug-likeness (QED) is 0.478. The fourth-order valence-electron chi connectivity index (χ4n) is 4.35. The average Bonchev–Trinajstić information content (AvgIpc) is 3.43. The number of benzene rings is 1. The average molecular weight is 432 g/mol. The molecule has 4 heterocycles. The minimum atomic E-state index is 0.122. The van der Waals surface area contributed by atoms with Crippen molar-refractivity contribution in [1.29, 1.82) is 0 Å². The van der Waals surface area contributed by atoms with Crippen molar-refractivity contribution in [2.75, 3.05) is 13.1 Å². The third-order valence-electron chi connectivity index (χ3n) is 5.95. The van der Waals surface area contributed by atoms with Crippen molar-refractivity contribution in [2.24, 2.45) is 0 Å².